The van der Waals surface area contributed by atoms with Crippen molar-refractivity contribution in [3.63, 3.8) is 0 Å². The van der Waals surface area contributed by atoms with Crippen molar-refractivity contribution in [3.8, 4) is 28.3 Å². The number of aryl methyl sites for hydroxylation is 1. The summed E-state index contributed by atoms with van der Waals surface area (Å²) in [6, 6.07) is 9.89. The second-order valence-electron chi connectivity index (χ2n) is 8.47. The molecule has 38 heavy (non-hydrogen) atoms. The van der Waals surface area contributed by atoms with Gasteiger partial charge in [-0.15, -0.1) is 5.10 Å². The maximum Gasteiger partial charge on any atom is 0.411 e. The molecule has 1 amide bonds. The third-order valence-corrected chi connectivity index (χ3v) is 6.43. The molecule has 0 bridgehead atoms. The van der Waals surface area contributed by atoms with Crippen molar-refractivity contribution in [2.75, 3.05) is 12.4 Å². The van der Waals surface area contributed by atoms with E-state index in [0.29, 0.717) is 63.5 Å². The summed E-state index contributed by atoms with van der Waals surface area (Å²) in [5.41, 5.74) is 3.40. The molecule has 5 aromatic rings. The van der Waals surface area contributed by atoms with Crippen molar-refractivity contribution in [1.82, 2.24) is 44.7 Å². The number of methoxy groups -OCH3 is 1. The van der Waals surface area contributed by atoms with E-state index in [0.717, 1.165) is 0 Å². The number of halogens is 1. The molecule has 13 nitrogen and oxygen atoms in total. The first-order valence-corrected chi connectivity index (χ1v) is 11.9. The predicted octanol–water partition coefficient (Wildman–Crippen LogP) is 3.04. The summed E-state index contributed by atoms with van der Waals surface area (Å²) in [4.78, 5) is 41.7. The van der Waals surface area contributed by atoms with Gasteiger partial charge in [-0.1, -0.05) is 11.6 Å². The number of carbonyl (C=O) groups is 1. The van der Waals surface area contributed by atoms with Crippen molar-refractivity contribution in [2.45, 2.75) is 18.9 Å². The lowest BCUT2D eigenvalue weighted by atomic mass is 10.1. The Bertz CT molecular complexity index is 1700. The van der Waals surface area contributed by atoms with Crippen molar-refractivity contribution in [3.05, 3.63) is 82.1 Å². The van der Waals surface area contributed by atoms with Gasteiger partial charge in [0.25, 0.3) is 5.56 Å². The molecule has 1 aliphatic rings. The number of rotatable bonds is 5. The molecule has 4 aromatic heterocycles. The molecule has 0 unspecified atom stereocenters. The Morgan fingerprint density at radius 3 is 2.82 bits per heavy atom. The number of hydrogen-bond donors (Lipinski definition) is 2. The molecule has 6 rings (SSSR count). The van der Waals surface area contributed by atoms with Crippen LogP contribution in [0.25, 0.3) is 28.3 Å². The number of amides is 1. The SMILES string of the molecule is COC(=O)Nc1ccc(-c2cnc([C@@H]3CCc4nc(-c5cc(Cl)ccc5-n5cnnn5)cc(=O)n43)[nH]2)nc1. The summed E-state index contributed by atoms with van der Waals surface area (Å²) < 4.78 is 7.74. The summed E-state index contributed by atoms with van der Waals surface area (Å²) >= 11 is 6.27. The summed E-state index contributed by atoms with van der Waals surface area (Å²) in [5.74, 6) is 1.28. The molecule has 0 saturated carbocycles. The number of carbonyl (C=O) groups excluding carboxylic acids is 1. The lowest BCUT2D eigenvalue weighted by Crippen LogP contribution is -2.25. The second kappa shape index (κ2) is 9.52. The van der Waals surface area contributed by atoms with Gasteiger partial charge >= 0.3 is 6.09 Å². The molecule has 1 atom stereocenters. The Kier molecular flexibility index (Phi) is 5.88. The number of fused-ring (bicyclic) bond motifs is 1. The number of anilines is 1. The molecule has 1 aliphatic heterocycles. The van der Waals surface area contributed by atoms with E-state index >= 15 is 0 Å². The van der Waals surface area contributed by atoms with Gasteiger partial charge in [0.15, 0.2) is 0 Å². The van der Waals surface area contributed by atoms with Gasteiger partial charge < -0.3 is 9.72 Å². The summed E-state index contributed by atoms with van der Waals surface area (Å²) in [6.07, 6.45) is 5.33. The van der Waals surface area contributed by atoms with Crippen LogP contribution in [-0.4, -0.2) is 57.9 Å². The van der Waals surface area contributed by atoms with Gasteiger partial charge in [-0.05, 0) is 47.2 Å². The lowest BCUT2D eigenvalue weighted by molar-refractivity contribution is 0.187. The minimum Gasteiger partial charge on any atom is -0.453 e. The van der Waals surface area contributed by atoms with Crippen LogP contribution in [0.5, 0.6) is 0 Å². The van der Waals surface area contributed by atoms with Gasteiger partial charge in [0.2, 0.25) is 0 Å². The monoisotopic (exact) mass is 530 g/mol. The first-order valence-electron chi connectivity index (χ1n) is 11.5. The van der Waals surface area contributed by atoms with Crippen LogP contribution >= 0.6 is 11.6 Å². The summed E-state index contributed by atoms with van der Waals surface area (Å²) in [7, 11) is 1.29. The predicted molar refractivity (Wildman–Crippen MR) is 136 cm³/mol. The van der Waals surface area contributed by atoms with Crippen LogP contribution in [0.1, 0.15) is 24.1 Å². The molecule has 0 spiro atoms. The van der Waals surface area contributed by atoms with Crippen LogP contribution in [0, 0.1) is 0 Å². The summed E-state index contributed by atoms with van der Waals surface area (Å²) in [5, 5.41) is 14.4. The van der Waals surface area contributed by atoms with Gasteiger partial charge in [-0.2, -0.15) is 4.68 Å². The number of H-pyrrole nitrogens is 1. The lowest BCUT2D eigenvalue weighted by Gasteiger charge is -2.14. The number of hydrogen-bond acceptors (Lipinski definition) is 9. The van der Waals surface area contributed by atoms with E-state index in [1.807, 2.05) is 0 Å². The molecule has 2 N–H and O–H groups in total. The van der Waals surface area contributed by atoms with E-state index in [1.54, 1.807) is 41.1 Å². The fraction of sp³-hybridized carbons (Fsp3) is 0.167. The molecule has 0 aliphatic carbocycles. The minimum atomic E-state index is -0.576. The number of nitrogens with one attached hydrogen (secondary N) is 2. The van der Waals surface area contributed by atoms with Crippen LogP contribution < -0.4 is 10.9 Å². The molecular weight excluding hydrogens is 512 g/mol. The maximum absolute atomic E-state index is 13.3. The number of aromatic nitrogens is 9. The van der Waals surface area contributed by atoms with E-state index in [-0.39, 0.29) is 11.6 Å². The number of benzene rings is 1. The number of imidazole rings is 1. The quantitative estimate of drug-likeness (QED) is 0.348. The van der Waals surface area contributed by atoms with Crippen molar-refractivity contribution < 1.29 is 9.53 Å². The van der Waals surface area contributed by atoms with Crippen molar-refractivity contribution in [1.29, 1.82) is 0 Å². The Morgan fingerprint density at radius 2 is 2.05 bits per heavy atom. The zero-order chi connectivity index (χ0) is 26.2. The highest BCUT2D eigenvalue weighted by Gasteiger charge is 2.29. The van der Waals surface area contributed by atoms with Crippen LogP contribution in [0.2, 0.25) is 5.02 Å². The van der Waals surface area contributed by atoms with E-state index in [4.69, 9.17) is 16.6 Å². The molecule has 0 fully saturated rings. The van der Waals surface area contributed by atoms with Crippen LogP contribution in [0.3, 0.4) is 0 Å². The highest BCUT2D eigenvalue weighted by atomic mass is 35.5. The Morgan fingerprint density at radius 1 is 1.16 bits per heavy atom. The second-order valence-corrected chi connectivity index (χ2v) is 8.90. The van der Waals surface area contributed by atoms with Crippen molar-refractivity contribution in [2.24, 2.45) is 0 Å². The average molecular weight is 531 g/mol. The van der Waals surface area contributed by atoms with Crippen molar-refractivity contribution >= 4 is 23.4 Å². The largest absolute Gasteiger partial charge is 0.453 e. The Hall–Kier alpha value is -4.91. The molecule has 0 saturated heterocycles. The standard InChI is InChI=1S/C24H19ClN10O3/c1-38-24(37)29-14-3-4-16(26-10-14)18-11-27-23(31-18)20-6-7-21-30-17(9-22(36)35(20)21)15-8-13(25)2-5-19(15)34-12-28-32-33-34/h2-5,8-12,20H,6-7H2,1H3,(H,27,31)(H,29,37)/t20-/m0/s1. The van der Waals surface area contributed by atoms with Crippen LogP contribution in [0.4, 0.5) is 10.5 Å². The van der Waals surface area contributed by atoms with Crippen LogP contribution in [0.15, 0.2) is 59.9 Å². The first kappa shape index (κ1) is 23.5. The maximum atomic E-state index is 13.3. The molecule has 190 valence electrons. The van der Waals surface area contributed by atoms with E-state index < -0.39 is 6.09 Å². The van der Waals surface area contributed by atoms with Gasteiger partial charge in [-0.25, -0.2) is 14.8 Å². The number of aromatic amines is 1. The zero-order valence-corrected chi connectivity index (χ0v) is 20.6. The number of ether oxygens (including phenoxy) is 1. The minimum absolute atomic E-state index is 0.204. The number of pyridine rings is 1. The molecule has 14 heteroatoms. The van der Waals surface area contributed by atoms with Gasteiger partial charge in [-0.3, -0.25) is 19.7 Å². The normalized spacial score (nSPS) is 14.3. The Labute approximate surface area is 219 Å². The van der Waals surface area contributed by atoms with Gasteiger partial charge in [0, 0.05) is 23.1 Å². The highest BCUT2D eigenvalue weighted by molar-refractivity contribution is 6.31. The fourth-order valence-corrected chi connectivity index (χ4v) is 4.63. The first-order chi connectivity index (χ1) is 18.5. The summed E-state index contributed by atoms with van der Waals surface area (Å²) in [6.45, 7) is 0. The topological polar surface area (TPSA) is 158 Å². The average Bonchev–Trinajstić information content (AvgIpc) is 3.70. The smallest absolute Gasteiger partial charge is 0.411 e. The van der Waals surface area contributed by atoms with Crippen LogP contribution in [-0.2, 0) is 11.2 Å². The van der Waals surface area contributed by atoms with E-state index in [2.05, 4.69) is 40.5 Å². The molecule has 5 heterocycles. The highest BCUT2D eigenvalue weighted by Crippen LogP contribution is 2.32. The fourth-order valence-electron chi connectivity index (χ4n) is 4.46. The number of nitrogens with zero attached hydrogens (tertiary/aromatic N) is 8. The third-order valence-electron chi connectivity index (χ3n) is 6.19. The number of tetrazole rings is 1. The van der Waals surface area contributed by atoms with E-state index in [9.17, 15) is 9.59 Å². The van der Waals surface area contributed by atoms with Gasteiger partial charge in [0.05, 0.1) is 54.0 Å². The molecule has 1 aromatic carbocycles. The third kappa shape index (κ3) is 4.28. The zero-order valence-electron chi connectivity index (χ0n) is 19.9. The Balaban J connectivity index is 1.30. The van der Waals surface area contributed by atoms with E-state index in [1.165, 1.54) is 30.4 Å². The molecular formula is C24H19ClN10O3. The molecule has 0 radical (unpaired) electrons. The van der Waals surface area contributed by atoms with Gasteiger partial charge in [0.1, 0.15) is 18.0 Å².